The lowest BCUT2D eigenvalue weighted by Gasteiger charge is -2.10. The molecule has 1 aromatic carbocycles. The predicted molar refractivity (Wildman–Crippen MR) is 91.7 cm³/mol. The number of fused-ring (bicyclic) bond motifs is 1. The number of ether oxygens (including phenoxy) is 1. The lowest BCUT2D eigenvalue weighted by molar-refractivity contribution is -0.110. The van der Waals surface area contributed by atoms with Gasteiger partial charge in [0.1, 0.15) is 17.6 Å². The van der Waals surface area contributed by atoms with Gasteiger partial charge in [0.25, 0.3) is 5.91 Å². The predicted octanol–water partition coefficient (Wildman–Crippen LogP) is 2.95. The third kappa shape index (κ3) is 2.78. The molecule has 0 radical (unpaired) electrons. The van der Waals surface area contributed by atoms with Crippen molar-refractivity contribution in [1.82, 2.24) is 4.98 Å². The summed E-state index contributed by atoms with van der Waals surface area (Å²) in [6.07, 6.45) is 5.60. The lowest BCUT2D eigenvalue weighted by Crippen LogP contribution is -2.08. The first kappa shape index (κ1) is 15.1. The van der Waals surface area contributed by atoms with Gasteiger partial charge in [-0.2, -0.15) is 0 Å². The molecule has 1 amide bonds. The van der Waals surface area contributed by atoms with E-state index in [2.05, 4.69) is 10.3 Å². The molecule has 0 aliphatic carbocycles. The molecule has 124 valence electrons. The molecule has 0 saturated heterocycles. The fraction of sp³-hybridized carbons (Fsp3) is 0.105. The number of carboxylic acids is 1. The summed E-state index contributed by atoms with van der Waals surface area (Å²) in [5, 5.41) is 11.7. The van der Waals surface area contributed by atoms with Crippen LogP contribution in [-0.4, -0.2) is 28.1 Å². The molecule has 0 spiro atoms. The number of rotatable bonds is 3. The number of amides is 1. The first-order chi connectivity index (χ1) is 12.1. The van der Waals surface area contributed by atoms with Crippen molar-refractivity contribution in [3.63, 3.8) is 0 Å². The minimum Gasteiger partial charge on any atom is -0.486 e. The Kier molecular flexibility index (Phi) is 3.57. The van der Waals surface area contributed by atoms with Crippen molar-refractivity contribution in [2.24, 2.45) is 0 Å². The highest BCUT2D eigenvalue weighted by atomic mass is 16.5. The molecule has 1 aromatic heterocycles. The van der Waals surface area contributed by atoms with E-state index in [1.54, 1.807) is 6.07 Å². The van der Waals surface area contributed by atoms with E-state index in [1.165, 1.54) is 12.3 Å². The second kappa shape index (κ2) is 5.90. The van der Waals surface area contributed by atoms with Crippen molar-refractivity contribution in [2.45, 2.75) is 12.5 Å². The molecule has 6 nitrogen and oxygen atoms in total. The highest BCUT2D eigenvalue weighted by Crippen LogP contribution is 2.34. The van der Waals surface area contributed by atoms with Crippen molar-refractivity contribution >= 4 is 28.9 Å². The maximum atomic E-state index is 12.2. The lowest BCUT2D eigenvalue weighted by atomic mass is 10.0. The van der Waals surface area contributed by atoms with Crippen LogP contribution in [0.2, 0.25) is 0 Å². The third-order valence-corrected chi connectivity index (χ3v) is 4.14. The first-order valence-electron chi connectivity index (χ1n) is 7.81. The Hall–Kier alpha value is -3.41. The van der Waals surface area contributed by atoms with Gasteiger partial charge in [-0.15, -0.1) is 0 Å². The molecule has 6 heteroatoms. The van der Waals surface area contributed by atoms with Gasteiger partial charge in [0, 0.05) is 35.0 Å². The second-order valence-corrected chi connectivity index (χ2v) is 5.78. The SMILES string of the molecule is O=C1Nc2ccccc2/C1=C\C1CC=C(c2ccc(C(=O)O)nc2)O1. The normalized spacial score (nSPS) is 20.0. The van der Waals surface area contributed by atoms with Crippen LogP contribution in [0.3, 0.4) is 0 Å². The molecule has 2 aliphatic heterocycles. The Morgan fingerprint density at radius 2 is 2.12 bits per heavy atom. The zero-order valence-corrected chi connectivity index (χ0v) is 13.1. The van der Waals surface area contributed by atoms with Crippen molar-refractivity contribution in [1.29, 1.82) is 0 Å². The van der Waals surface area contributed by atoms with Crippen LogP contribution in [0.1, 0.15) is 28.0 Å². The standard InChI is InChI=1S/C19H14N2O4/c22-18-14(13-3-1-2-4-15(13)21-18)9-12-6-8-17(25-12)11-5-7-16(19(23)24)20-10-11/h1-5,7-10,12H,6H2,(H,21,22)(H,23,24)/b14-9+. The number of aromatic nitrogens is 1. The van der Waals surface area contributed by atoms with Crippen molar-refractivity contribution < 1.29 is 19.4 Å². The van der Waals surface area contributed by atoms with Crippen LogP contribution in [0.25, 0.3) is 11.3 Å². The molecule has 1 unspecified atom stereocenters. The van der Waals surface area contributed by atoms with E-state index < -0.39 is 5.97 Å². The number of aromatic carboxylic acids is 1. The fourth-order valence-electron chi connectivity index (χ4n) is 2.93. The van der Waals surface area contributed by atoms with Crippen LogP contribution in [0, 0.1) is 0 Å². The second-order valence-electron chi connectivity index (χ2n) is 5.78. The number of carboxylic acid groups (broad SMARTS) is 1. The summed E-state index contributed by atoms with van der Waals surface area (Å²) in [6.45, 7) is 0. The van der Waals surface area contributed by atoms with Gasteiger partial charge >= 0.3 is 5.97 Å². The van der Waals surface area contributed by atoms with Gasteiger partial charge in [-0.3, -0.25) is 4.79 Å². The zero-order valence-electron chi connectivity index (χ0n) is 13.1. The van der Waals surface area contributed by atoms with Crippen molar-refractivity contribution in [3.05, 3.63) is 71.6 Å². The number of hydrogen-bond acceptors (Lipinski definition) is 4. The Morgan fingerprint density at radius 3 is 2.88 bits per heavy atom. The van der Waals surface area contributed by atoms with E-state index in [0.29, 0.717) is 23.3 Å². The van der Waals surface area contributed by atoms with Crippen LogP contribution in [0.4, 0.5) is 5.69 Å². The molecule has 2 N–H and O–H groups in total. The van der Waals surface area contributed by atoms with Gasteiger partial charge in [0.15, 0.2) is 0 Å². The van der Waals surface area contributed by atoms with Gasteiger partial charge in [-0.1, -0.05) is 18.2 Å². The Bertz CT molecular complexity index is 929. The number of para-hydroxylation sites is 1. The quantitative estimate of drug-likeness (QED) is 0.843. The number of pyridine rings is 1. The summed E-state index contributed by atoms with van der Waals surface area (Å²) in [4.78, 5) is 26.9. The summed E-state index contributed by atoms with van der Waals surface area (Å²) in [7, 11) is 0. The van der Waals surface area contributed by atoms with Crippen LogP contribution >= 0.6 is 0 Å². The number of benzene rings is 1. The Labute approximate surface area is 143 Å². The van der Waals surface area contributed by atoms with Crippen molar-refractivity contribution in [2.75, 3.05) is 5.32 Å². The summed E-state index contributed by atoms with van der Waals surface area (Å²) >= 11 is 0. The average Bonchev–Trinajstić information content (AvgIpc) is 3.20. The van der Waals surface area contributed by atoms with E-state index >= 15 is 0 Å². The maximum absolute atomic E-state index is 12.2. The highest BCUT2D eigenvalue weighted by molar-refractivity contribution is 6.31. The number of nitrogens with zero attached hydrogens (tertiary/aromatic N) is 1. The molecular weight excluding hydrogens is 320 g/mol. The summed E-state index contributed by atoms with van der Waals surface area (Å²) in [5.74, 6) is -0.565. The van der Waals surface area contributed by atoms with Crippen LogP contribution in [0.5, 0.6) is 0 Å². The highest BCUT2D eigenvalue weighted by Gasteiger charge is 2.26. The van der Waals surface area contributed by atoms with Crippen LogP contribution < -0.4 is 5.32 Å². The average molecular weight is 334 g/mol. The zero-order chi connectivity index (χ0) is 17.4. The van der Waals surface area contributed by atoms with Gasteiger partial charge < -0.3 is 15.2 Å². The number of carbonyl (C=O) groups is 2. The summed E-state index contributed by atoms with van der Waals surface area (Å²) in [6, 6.07) is 10.6. The van der Waals surface area contributed by atoms with E-state index in [0.717, 1.165) is 11.3 Å². The fourth-order valence-corrected chi connectivity index (χ4v) is 2.93. The minimum atomic E-state index is -1.07. The molecule has 0 fully saturated rings. The molecule has 0 bridgehead atoms. The van der Waals surface area contributed by atoms with Gasteiger partial charge in [0.05, 0.1) is 0 Å². The van der Waals surface area contributed by atoms with Crippen molar-refractivity contribution in [3.8, 4) is 0 Å². The molecule has 0 saturated carbocycles. The maximum Gasteiger partial charge on any atom is 0.354 e. The van der Waals surface area contributed by atoms with Crippen LogP contribution in [0.15, 0.2) is 54.7 Å². The van der Waals surface area contributed by atoms with Gasteiger partial charge in [0.2, 0.25) is 0 Å². The van der Waals surface area contributed by atoms with E-state index in [1.807, 2.05) is 36.4 Å². The number of nitrogens with one attached hydrogen (secondary N) is 1. The van der Waals surface area contributed by atoms with E-state index in [-0.39, 0.29) is 17.7 Å². The number of carbonyl (C=O) groups excluding carboxylic acids is 1. The molecular formula is C19H14N2O4. The minimum absolute atomic E-state index is 0.0137. The summed E-state index contributed by atoms with van der Waals surface area (Å²) in [5.41, 5.74) is 2.98. The van der Waals surface area contributed by atoms with E-state index in [4.69, 9.17) is 9.84 Å². The third-order valence-electron chi connectivity index (χ3n) is 4.14. The number of hydrogen-bond donors (Lipinski definition) is 2. The molecule has 2 aromatic rings. The molecule has 4 rings (SSSR count). The number of anilines is 1. The molecule has 1 atom stereocenters. The Balaban J connectivity index is 1.53. The van der Waals surface area contributed by atoms with E-state index in [9.17, 15) is 9.59 Å². The van der Waals surface area contributed by atoms with Gasteiger partial charge in [-0.05, 0) is 30.4 Å². The molecule has 25 heavy (non-hydrogen) atoms. The molecule has 2 aliphatic rings. The van der Waals surface area contributed by atoms with Crippen LogP contribution in [-0.2, 0) is 9.53 Å². The largest absolute Gasteiger partial charge is 0.486 e. The topological polar surface area (TPSA) is 88.5 Å². The Morgan fingerprint density at radius 1 is 1.28 bits per heavy atom. The summed E-state index contributed by atoms with van der Waals surface area (Å²) < 4.78 is 5.89. The monoisotopic (exact) mass is 334 g/mol. The first-order valence-corrected chi connectivity index (χ1v) is 7.81. The molecule has 3 heterocycles. The smallest absolute Gasteiger partial charge is 0.354 e. The van der Waals surface area contributed by atoms with Gasteiger partial charge in [-0.25, -0.2) is 9.78 Å².